The number of alkyl halides is 3. The number of hydrogen-bond donors (Lipinski definition) is 1. The van der Waals surface area contributed by atoms with Crippen molar-refractivity contribution in [2.75, 3.05) is 31.1 Å². The van der Waals surface area contributed by atoms with E-state index < -0.39 is 11.7 Å². The van der Waals surface area contributed by atoms with Crippen molar-refractivity contribution in [1.29, 1.82) is 0 Å². The Morgan fingerprint density at radius 2 is 1.81 bits per heavy atom. The first-order chi connectivity index (χ1) is 12.3. The Labute approximate surface area is 152 Å². The van der Waals surface area contributed by atoms with Gasteiger partial charge in [-0.25, -0.2) is 4.98 Å². The highest BCUT2D eigenvalue weighted by Crippen LogP contribution is 2.33. The van der Waals surface area contributed by atoms with E-state index in [0.717, 1.165) is 12.3 Å². The number of pyridine rings is 1. The number of hydrogen-bond acceptors (Lipinski definition) is 4. The summed E-state index contributed by atoms with van der Waals surface area (Å²) in [7, 11) is 0. The number of para-hydroxylation sites is 1. The number of carbonyl (C=O) groups is 1. The van der Waals surface area contributed by atoms with Gasteiger partial charge in [-0.1, -0.05) is 23.7 Å². The van der Waals surface area contributed by atoms with Gasteiger partial charge in [-0.15, -0.1) is 0 Å². The Morgan fingerprint density at radius 1 is 1.15 bits per heavy atom. The SMILES string of the molecule is O=C(c1ccccc1O)N1CCN(c2ncc(C(F)(F)F)cc2Cl)CC1. The van der Waals surface area contributed by atoms with Gasteiger partial charge in [0.15, 0.2) is 0 Å². The maximum absolute atomic E-state index is 12.7. The van der Waals surface area contributed by atoms with Gasteiger partial charge in [0.05, 0.1) is 16.1 Å². The van der Waals surface area contributed by atoms with Crippen LogP contribution in [0.4, 0.5) is 19.0 Å². The Morgan fingerprint density at radius 3 is 2.38 bits per heavy atom. The maximum Gasteiger partial charge on any atom is 0.417 e. The third-order valence-electron chi connectivity index (χ3n) is 4.15. The molecule has 0 spiro atoms. The van der Waals surface area contributed by atoms with Gasteiger partial charge in [-0.05, 0) is 18.2 Å². The molecule has 1 amide bonds. The largest absolute Gasteiger partial charge is 0.507 e. The van der Waals surface area contributed by atoms with E-state index in [1.165, 1.54) is 6.07 Å². The number of rotatable bonds is 2. The van der Waals surface area contributed by atoms with Crippen molar-refractivity contribution < 1.29 is 23.1 Å². The van der Waals surface area contributed by atoms with Crippen LogP contribution in [-0.4, -0.2) is 47.1 Å². The molecule has 1 aliphatic heterocycles. The summed E-state index contributed by atoms with van der Waals surface area (Å²) in [4.78, 5) is 19.6. The second-order valence-corrected chi connectivity index (χ2v) is 6.23. The van der Waals surface area contributed by atoms with Gasteiger partial charge in [0.25, 0.3) is 5.91 Å². The Balaban J connectivity index is 1.69. The highest BCUT2D eigenvalue weighted by Gasteiger charge is 2.32. The molecular weight excluding hydrogens is 371 g/mol. The molecule has 1 aromatic carbocycles. The number of phenols is 1. The van der Waals surface area contributed by atoms with Gasteiger partial charge < -0.3 is 14.9 Å². The van der Waals surface area contributed by atoms with E-state index in [1.807, 2.05) is 0 Å². The van der Waals surface area contributed by atoms with Crippen molar-refractivity contribution in [2.45, 2.75) is 6.18 Å². The van der Waals surface area contributed by atoms with E-state index in [-0.39, 0.29) is 28.1 Å². The highest BCUT2D eigenvalue weighted by atomic mass is 35.5. The van der Waals surface area contributed by atoms with E-state index in [0.29, 0.717) is 26.2 Å². The third-order valence-corrected chi connectivity index (χ3v) is 4.43. The van der Waals surface area contributed by atoms with Crippen molar-refractivity contribution in [3.8, 4) is 5.75 Å². The number of aromatic hydroxyl groups is 1. The normalized spacial score (nSPS) is 15.2. The lowest BCUT2D eigenvalue weighted by Crippen LogP contribution is -2.49. The molecule has 9 heteroatoms. The fraction of sp³-hybridized carbons (Fsp3) is 0.294. The molecule has 0 unspecified atom stereocenters. The molecule has 5 nitrogen and oxygen atoms in total. The predicted octanol–water partition coefficient (Wildman–Crippen LogP) is 3.42. The summed E-state index contributed by atoms with van der Waals surface area (Å²) >= 11 is 5.97. The number of amides is 1. The van der Waals surface area contributed by atoms with Gasteiger partial charge >= 0.3 is 6.18 Å². The van der Waals surface area contributed by atoms with Gasteiger partial charge in [0.1, 0.15) is 11.6 Å². The van der Waals surface area contributed by atoms with Crippen LogP contribution in [0.5, 0.6) is 5.75 Å². The summed E-state index contributed by atoms with van der Waals surface area (Å²) in [6.45, 7) is 1.42. The van der Waals surface area contributed by atoms with Crippen LogP contribution in [0.15, 0.2) is 36.5 Å². The average Bonchev–Trinajstić information content (AvgIpc) is 2.61. The van der Waals surface area contributed by atoms with E-state index in [4.69, 9.17) is 11.6 Å². The van der Waals surface area contributed by atoms with Crippen molar-refractivity contribution in [1.82, 2.24) is 9.88 Å². The van der Waals surface area contributed by atoms with Crippen LogP contribution in [0.2, 0.25) is 5.02 Å². The number of phenolic OH excluding ortho intramolecular Hbond substituents is 1. The quantitative estimate of drug-likeness (QED) is 0.860. The number of piperazine rings is 1. The number of benzene rings is 1. The molecule has 1 saturated heterocycles. The lowest BCUT2D eigenvalue weighted by atomic mass is 10.1. The zero-order valence-electron chi connectivity index (χ0n) is 13.5. The van der Waals surface area contributed by atoms with Gasteiger partial charge in [0.2, 0.25) is 0 Å². The first kappa shape index (κ1) is 18.3. The van der Waals surface area contributed by atoms with E-state index in [1.54, 1.807) is 28.0 Å². The molecule has 3 rings (SSSR count). The van der Waals surface area contributed by atoms with Crippen molar-refractivity contribution in [3.05, 3.63) is 52.7 Å². The molecule has 0 radical (unpaired) electrons. The van der Waals surface area contributed by atoms with Crippen molar-refractivity contribution in [2.24, 2.45) is 0 Å². The lowest BCUT2D eigenvalue weighted by Gasteiger charge is -2.36. The highest BCUT2D eigenvalue weighted by molar-refractivity contribution is 6.33. The minimum atomic E-state index is -4.50. The number of aromatic nitrogens is 1. The molecule has 26 heavy (non-hydrogen) atoms. The predicted molar refractivity (Wildman–Crippen MR) is 90.5 cm³/mol. The molecule has 2 heterocycles. The minimum Gasteiger partial charge on any atom is -0.507 e. The van der Waals surface area contributed by atoms with E-state index in [9.17, 15) is 23.1 Å². The van der Waals surface area contributed by atoms with Crippen LogP contribution in [0.3, 0.4) is 0 Å². The fourth-order valence-electron chi connectivity index (χ4n) is 2.76. The smallest absolute Gasteiger partial charge is 0.417 e. The third kappa shape index (κ3) is 3.70. The summed E-state index contributed by atoms with van der Waals surface area (Å²) in [5, 5.41) is 9.71. The molecule has 0 saturated carbocycles. The number of nitrogens with zero attached hydrogens (tertiary/aromatic N) is 3. The van der Waals surface area contributed by atoms with Crippen LogP contribution in [0, 0.1) is 0 Å². The number of anilines is 1. The monoisotopic (exact) mass is 385 g/mol. The van der Waals surface area contributed by atoms with E-state index >= 15 is 0 Å². The summed E-state index contributed by atoms with van der Waals surface area (Å²) < 4.78 is 38.1. The standard InChI is InChI=1S/C17H15ClF3N3O2/c18-13-9-11(17(19,20)21)10-22-15(13)23-5-7-24(8-6-23)16(26)12-3-1-2-4-14(12)25/h1-4,9-10,25H,5-8H2. The molecule has 138 valence electrons. The minimum absolute atomic E-state index is 0.0831. The first-order valence-electron chi connectivity index (χ1n) is 7.82. The summed E-state index contributed by atoms with van der Waals surface area (Å²) in [6, 6.07) is 7.12. The maximum atomic E-state index is 12.7. The molecule has 1 N–H and O–H groups in total. The molecule has 0 aliphatic carbocycles. The average molecular weight is 386 g/mol. The lowest BCUT2D eigenvalue weighted by molar-refractivity contribution is -0.137. The summed E-state index contributed by atoms with van der Waals surface area (Å²) in [6.07, 6.45) is -3.75. The molecule has 1 aliphatic rings. The second kappa shape index (κ2) is 7.03. The molecule has 2 aromatic rings. The molecule has 1 aromatic heterocycles. The summed E-state index contributed by atoms with van der Waals surface area (Å²) in [5.74, 6) is -0.129. The van der Waals surface area contributed by atoms with Crippen molar-refractivity contribution >= 4 is 23.3 Å². The Bertz CT molecular complexity index is 821. The topological polar surface area (TPSA) is 56.7 Å². The van der Waals surface area contributed by atoms with Crippen LogP contribution >= 0.6 is 11.6 Å². The van der Waals surface area contributed by atoms with Crippen molar-refractivity contribution in [3.63, 3.8) is 0 Å². The van der Waals surface area contributed by atoms with E-state index in [2.05, 4.69) is 4.98 Å². The molecule has 0 atom stereocenters. The molecule has 1 fully saturated rings. The van der Waals surface area contributed by atoms with Crippen LogP contribution in [0.25, 0.3) is 0 Å². The van der Waals surface area contributed by atoms with Gasteiger partial charge in [0, 0.05) is 32.4 Å². The fourth-order valence-corrected chi connectivity index (χ4v) is 3.05. The zero-order chi connectivity index (χ0) is 18.9. The number of carbonyl (C=O) groups excluding carboxylic acids is 1. The molecule has 0 bridgehead atoms. The van der Waals surface area contributed by atoms with Gasteiger partial charge in [-0.3, -0.25) is 4.79 Å². The summed E-state index contributed by atoms with van der Waals surface area (Å²) in [5.41, 5.74) is -0.689. The van der Waals surface area contributed by atoms with Crippen LogP contribution in [0.1, 0.15) is 15.9 Å². The Hall–Kier alpha value is -2.48. The Kier molecular flexibility index (Phi) is 4.95. The number of halogens is 4. The van der Waals surface area contributed by atoms with Crippen LogP contribution in [-0.2, 0) is 6.18 Å². The zero-order valence-corrected chi connectivity index (χ0v) is 14.3. The van der Waals surface area contributed by atoms with Gasteiger partial charge in [-0.2, -0.15) is 13.2 Å². The second-order valence-electron chi connectivity index (χ2n) is 5.82. The first-order valence-corrected chi connectivity index (χ1v) is 8.20. The molecular formula is C17H15ClF3N3O2. The van der Waals surface area contributed by atoms with Crippen LogP contribution < -0.4 is 4.90 Å².